The van der Waals surface area contributed by atoms with Gasteiger partial charge in [-0.3, -0.25) is 9.59 Å². The molecule has 2 aromatic carbocycles. The van der Waals surface area contributed by atoms with E-state index in [4.69, 9.17) is 17.3 Å². The Bertz CT molecular complexity index is 779. The van der Waals surface area contributed by atoms with Crippen LogP contribution in [0, 0.1) is 0 Å². The number of rotatable bonds is 2. The molecule has 0 spiro atoms. The zero-order valence-electron chi connectivity index (χ0n) is 10.9. The van der Waals surface area contributed by atoms with E-state index in [9.17, 15) is 9.59 Å². The van der Waals surface area contributed by atoms with Gasteiger partial charge < -0.3 is 11.1 Å². The van der Waals surface area contributed by atoms with Crippen LogP contribution in [-0.2, 0) is 0 Å². The SMILES string of the molecule is Nc1ccc(NC2=C(Cl)C(=O)c3ccccc3C2=O)cc1. The van der Waals surface area contributed by atoms with Crippen molar-refractivity contribution in [2.75, 3.05) is 11.1 Å². The summed E-state index contributed by atoms with van der Waals surface area (Å²) < 4.78 is 0. The smallest absolute Gasteiger partial charge is 0.211 e. The molecule has 3 N–H and O–H groups in total. The van der Waals surface area contributed by atoms with Crippen LogP contribution < -0.4 is 11.1 Å². The normalized spacial score (nSPS) is 14.1. The molecular weight excluding hydrogens is 288 g/mol. The standard InChI is InChI=1S/C16H11ClN2O2/c17-13-14(19-10-7-5-9(18)6-8-10)16(21)12-4-2-1-3-11(12)15(13)20/h1-8,19H,18H2. The average molecular weight is 299 g/mol. The number of Topliss-reactive ketones (excluding diaryl/α,β-unsaturated/α-hetero) is 2. The highest BCUT2D eigenvalue weighted by Crippen LogP contribution is 2.29. The number of hydrogen-bond acceptors (Lipinski definition) is 4. The molecule has 0 fully saturated rings. The number of nitrogens with two attached hydrogens (primary N) is 1. The third-order valence-corrected chi connectivity index (χ3v) is 3.60. The van der Waals surface area contributed by atoms with Gasteiger partial charge in [0.15, 0.2) is 0 Å². The monoisotopic (exact) mass is 298 g/mol. The van der Waals surface area contributed by atoms with E-state index in [0.717, 1.165) is 0 Å². The molecule has 4 nitrogen and oxygen atoms in total. The lowest BCUT2D eigenvalue weighted by Gasteiger charge is -2.18. The highest BCUT2D eigenvalue weighted by Gasteiger charge is 2.31. The molecule has 0 aliphatic heterocycles. The molecule has 0 saturated carbocycles. The van der Waals surface area contributed by atoms with Gasteiger partial charge in [0, 0.05) is 22.5 Å². The third kappa shape index (κ3) is 2.30. The van der Waals surface area contributed by atoms with Gasteiger partial charge in [0.25, 0.3) is 0 Å². The number of fused-ring (bicyclic) bond motifs is 1. The minimum atomic E-state index is -0.357. The molecule has 21 heavy (non-hydrogen) atoms. The molecule has 0 bridgehead atoms. The number of nitrogen functional groups attached to an aromatic ring is 1. The fourth-order valence-corrected chi connectivity index (χ4v) is 2.40. The molecule has 3 rings (SSSR count). The molecule has 0 aromatic heterocycles. The second-order valence-electron chi connectivity index (χ2n) is 4.64. The molecule has 2 aromatic rings. The fraction of sp³-hybridized carbons (Fsp3) is 0. The van der Waals surface area contributed by atoms with E-state index in [1.54, 1.807) is 48.5 Å². The Morgan fingerprint density at radius 3 is 2.05 bits per heavy atom. The van der Waals surface area contributed by atoms with Gasteiger partial charge in [-0.1, -0.05) is 35.9 Å². The van der Waals surface area contributed by atoms with Crippen LogP contribution in [-0.4, -0.2) is 11.6 Å². The Balaban J connectivity index is 2.02. The maximum atomic E-state index is 12.5. The van der Waals surface area contributed by atoms with Crippen molar-refractivity contribution in [1.82, 2.24) is 0 Å². The lowest BCUT2D eigenvalue weighted by atomic mass is 9.92. The third-order valence-electron chi connectivity index (χ3n) is 3.24. The Hall–Kier alpha value is -2.59. The number of ketones is 2. The zero-order valence-corrected chi connectivity index (χ0v) is 11.6. The fourth-order valence-electron chi connectivity index (χ4n) is 2.17. The zero-order chi connectivity index (χ0) is 15.0. The minimum absolute atomic E-state index is 0.0881. The van der Waals surface area contributed by atoms with Crippen molar-refractivity contribution in [3.8, 4) is 0 Å². The van der Waals surface area contributed by atoms with Gasteiger partial charge in [0.2, 0.25) is 11.6 Å². The Morgan fingerprint density at radius 1 is 0.857 bits per heavy atom. The van der Waals surface area contributed by atoms with Gasteiger partial charge in [0.05, 0.1) is 0 Å². The maximum Gasteiger partial charge on any atom is 0.211 e. The lowest BCUT2D eigenvalue weighted by Crippen LogP contribution is -2.24. The lowest BCUT2D eigenvalue weighted by molar-refractivity contribution is 0.0982. The minimum Gasteiger partial charge on any atom is -0.399 e. The summed E-state index contributed by atoms with van der Waals surface area (Å²) in [4.78, 5) is 24.7. The van der Waals surface area contributed by atoms with E-state index in [0.29, 0.717) is 22.5 Å². The van der Waals surface area contributed by atoms with Gasteiger partial charge in [-0.2, -0.15) is 0 Å². The van der Waals surface area contributed by atoms with E-state index < -0.39 is 0 Å². The van der Waals surface area contributed by atoms with Crippen LogP contribution in [0.2, 0.25) is 0 Å². The number of halogens is 1. The summed E-state index contributed by atoms with van der Waals surface area (Å²) >= 11 is 6.06. The van der Waals surface area contributed by atoms with Gasteiger partial charge in [-0.15, -0.1) is 0 Å². The molecule has 0 heterocycles. The van der Waals surface area contributed by atoms with Crippen LogP contribution in [0.15, 0.2) is 59.3 Å². The molecule has 104 valence electrons. The number of carbonyl (C=O) groups excluding carboxylic acids is 2. The molecule has 1 aliphatic rings. The summed E-state index contributed by atoms with van der Waals surface area (Å²) in [5.74, 6) is -0.656. The van der Waals surface area contributed by atoms with Crippen molar-refractivity contribution in [3.63, 3.8) is 0 Å². The largest absolute Gasteiger partial charge is 0.399 e. The summed E-state index contributed by atoms with van der Waals surface area (Å²) in [7, 11) is 0. The number of hydrogen-bond donors (Lipinski definition) is 2. The van der Waals surface area contributed by atoms with Gasteiger partial charge >= 0.3 is 0 Å². The molecule has 0 unspecified atom stereocenters. The first-order valence-corrected chi connectivity index (χ1v) is 6.66. The molecule has 0 saturated heterocycles. The van der Waals surface area contributed by atoms with Crippen LogP contribution in [0.25, 0.3) is 0 Å². The van der Waals surface area contributed by atoms with Crippen LogP contribution in [0.4, 0.5) is 11.4 Å². The first-order valence-electron chi connectivity index (χ1n) is 6.28. The number of nitrogens with one attached hydrogen (secondary N) is 1. The number of benzene rings is 2. The van der Waals surface area contributed by atoms with Crippen LogP contribution >= 0.6 is 11.6 Å². The van der Waals surface area contributed by atoms with Crippen molar-refractivity contribution >= 4 is 34.5 Å². The molecule has 0 amide bonds. The van der Waals surface area contributed by atoms with Crippen molar-refractivity contribution in [2.24, 2.45) is 0 Å². The predicted octanol–water partition coefficient (Wildman–Crippen LogP) is 3.21. The van der Waals surface area contributed by atoms with Gasteiger partial charge in [-0.25, -0.2) is 0 Å². The first-order chi connectivity index (χ1) is 10.1. The van der Waals surface area contributed by atoms with Crippen molar-refractivity contribution in [2.45, 2.75) is 0 Å². The van der Waals surface area contributed by atoms with E-state index >= 15 is 0 Å². The Kier molecular flexibility index (Phi) is 3.23. The summed E-state index contributed by atoms with van der Waals surface area (Å²) in [6, 6.07) is 13.4. The molecular formula is C16H11ClN2O2. The second kappa shape index (κ2) is 5.07. The molecule has 1 aliphatic carbocycles. The van der Waals surface area contributed by atoms with E-state index in [1.165, 1.54) is 0 Å². The molecule has 0 atom stereocenters. The summed E-state index contributed by atoms with van der Waals surface area (Å²) in [6.07, 6.45) is 0. The quantitative estimate of drug-likeness (QED) is 0.835. The van der Waals surface area contributed by atoms with Crippen LogP contribution in [0.1, 0.15) is 20.7 Å². The average Bonchev–Trinajstić information content (AvgIpc) is 2.51. The maximum absolute atomic E-state index is 12.5. The van der Waals surface area contributed by atoms with E-state index in [1.807, 2.05) is 0 Å². The topological polar surface area (TPSA) is 72.2 Å². The summed E-state index contributed by atoms with van der Waals surface area (Å²) in [6.45, 7) is 0. The Morgan fingerprint density at radius 2 is 1.43 bits per heavy atom. The van der Waals surface area contributed by atoms with Crippen LogP contribution in [0.3, 0.4) is 0 Å². The number of allylic oxidation sites excluding steroid dienone is 2. The van der Waals surface area contributed by atoms with E-state index in [-0.39, 0.29) is 22.3 Å². The first kappa shape index (κ1) is 13.4. The summed E-state index contributed by atoms with van der Waals surface area (Å²) in [5, 5.41) is 2.80. The van der Waals surface area contributed by atoms with Crippen molar-refractivity contribution in [3.05, 3.63) is 70.4 Å². The van der Waals surface area contributed by atoms with E-state index in [2.05, 4.69) is 5.32 Å². The van der Waals surface area contributed by atoms with Gasteiger partial charge in [0.1, 0.15) is 10.7 Å². The number of anilines is 2. The molecule has 0 radical (unpaired) electrons. The highest BCUT2D eigenvalue weighted by molar-refractivity contribution is 6.50. The van der Waals surface area contributed by atoms with Crippen LogP contribution in [0.5, 0.6) is 0 Å². The van der Waals surface area contributed by atoms with Crippen molar-refractivity contribution in [1.29, 1.82) is 0 Å². The summed E-state index contributed by atoms with van der Waals surface area (Å²) in [5.41, 5.74) is 7.63. The predicted molar refractivity (Wildman–Crippen MR) is 82.5 cm³/mol. The molecule has 5 heteroatoms. The number of carbonyl (C=O) groups is 2. The highest BCUT2D eigenvalue weighted by atomic mass is 35.5. The van der Waals surface area contributed by atoms with Crippen molar-refractivity contribution < 1.29 is 9.59 Å². The second-order valence-corrected chi connectivity index (χ2v) is 5.02. The van der Waals surface area contributed by atoms with Gasteiger partial charge in [-0.05, 0) is 24.3 Å². The Labute approximate surface area is 126 Å².